The van der Waals surface area contributed by atoms with Crippen LogP contribution in [0, 0.1) is 0 Å². The molecule has 1 aromatic heterocycles. The molecule has 3 N–H and O–H groups in total. The first-order valence-electron chi connectivity index (χ1n) is 4.18. The fourth-order valence-corrected chi connectivity index (χ4v) is 0.958. The van der Waals surface area contributed by atoms with Crippen molar-refractivity contribution < 1.29 is 19.7 Å². The molecule has 0 aliphatic rings. The molecule has 78 valence electrons. The first kappa shape index (κ1) is 10.7. The van der Waals surface area contributed by atoms with E-state index in [-0.39, 0.29) is 12.3 Å². The van der Waals surface area contributed by atoms with E-state index >= 15 is 0 Å². The minimum atomic E-state index is -1.59. The Bertz CT molecular complexity index is 286. The molecule has 0 spiro atoms. The van der Waals surface area contributed by atoms with Crippen molar-refractivity contribution >= 4 is 5.97 Å². The second-order valence-electron chi connectivity index (χ2n) is 2.65. The minimum absolute atomic E-state index is 0.158. The van der Waals surface area contributed by atoms with Crippen molar-refractivity contribution in [2.45, 2.75) is 19.1 Å². The summed E-state index contributed by atoms with van der Waals surface area (Å²) in [6, 6.07) is 1.47. The van der Waals surface area contributed by atoms with Crippen LogP contribution in [0.3, 0.4) is 0 Å². The number of carbonyl (C=O) groups is 1. The summed E-state index contributed by atoms with van der Waals surface area (Å²) in [7, 11) is 0. The molecule has 1 rings (SSSR count). The maximum Gasteiger partial charge on any atom is 0.338 e. The van der Waals surface area contributed by atoms with Gasteiger partial charge in [-0.2, -0.15) is 5.10 Å². The predicted octanol–water partition coefficient (Wildman–Crippen LogP) is -0.633. The molecule has 6 nitrogen and oxygen atoms in total. The number of nitrogens with one attached hydrogen (secondary N) is 1. The largest absolute Gasteiger partial charge is 0.464 e. The van der Waals surface area contributed by atoms with Crippen molar-refractivity contribution in [1.29, 1.82) is 0 Å². The maximum absolute atomic E-state index is 11.0. The van der Waals surface area contributed by atoms with Crippen molar-refractivity contribution in [3.63, 3.8) is 0 Å². The highest BCUT2D eigenvalue weighted by atomic mass is 16.5. The number of esters is 1. The van der Waals surface area contributed by atoms with Gasteiger partial charge < -0.3 is 14.9 Å². The summed E-state index contributed by atoms with van der Waals surface area (Å²) >= 11 is 0. The number of carbonyl (C=O) groups excluding carboxylic acids is 1. The third-order valence-corrected chi connectivity index (χ3v) is 1.67. The van der Waals surface area contributed by atoms with Gasteiger partial charge in [-0.15, -0.1) is 0 Å². The lowest BCUT2D eigenvalue weighted by Crippen LogP contribution is -2.30. The lowest BCUT2D eigenvalue weighted by Gasteiger charge is -2.14. The zero-order valence-corrected chi connectivity index (χ0v) is 7.67. The number of rotatable bonds is 4. The number of aromatic nitrogens is 2. The van der Waals surface area contributed by atoms with Crippen LogP contribution in [0.4, 0.5) is 0 Å². The number of hydrogen-bond acceptors (Lipinski definition) is 5. The number of nitrogens with zero attached hydrogens (tertiary/aromatic N) is 1. The molecular formula is C8H12N2O4. The van der Waals surface area contributed by atoms with Gasteiger partial charge in [0.15, 0.2) is 6.10 Å². The van der Waals surface area contributed by atoms with Crippen LogP contribution in [-0.2, 0) is 9.53 Å². The van der Waals surface area contributed by atoms with Crippen LogP contribution in [0.5, 0.6) is 0 Å². The quantitative estimate of drug-likeness (QED) is 0.562. The molecule has 0 bridgehead atoms. The molecule has 1 aromatic rings. The molecule has 0 aromatic carbocycles. The van der Waals surface area contributed by atoms with Gasteiger partial charge in [-0.3, -0.25) is 5.10 Å². The van der Waals surface area contributed by atoms with Crippen molar-refractivity contribution in [1.82, 2.24) is 10.2 Å². The smallest absolute Gasteiger partial charge is 0.338 e. The van der Waals surface area contributed by atoms with E-state index in [9.17, 15) is 15.0 Å². The van der Waals surface area contributed by atoms with E-state index in [1.165, 1.54) is 12.3 Å². The van der Waals surface area contributed by atoms with Gasteiger partial charge in [0.1, 0.15) is 6.10 Å². The molecule has 1 heterocycles. The van der Waals surface area contributed by atoms with E-state index < -0.39 is 18.2 Å². The Morgan fingerprint density at radius 2 is 2.43 bits per heavy atom. The molecule has 0 saturated heterocycles. The van der Waals surface area contributed by atoms with Gasteiger partial charge in [-0.05, 0) is 13.0 Å². The third-order valence-electron chi connectivity index (χ3n) is 1.67. The Labute approximate surface area is 80.5 Å². The molecule has 0 aliphatic heterocycles. The fourth-order valence-electron chi connectivity index (χ4n) is 0.958. The Morgan fingerprint density at radius 1 is 1.71 bits per heavy atom. The van der Waals surface area contributed by atoms with E-state index in [1.807, 2.05) is 0 Å². The highest BCUT2D eigenvalue weighted by molar-refractivity contribution is 5.75. The Balaban J connectivity index is 2.61. The molecule has 0 radical (unpaired) electrons. The maximum atomic E-state index is 11.0. The molecule has 0 saturated carbocycles. The summed E-state index contributed by atoms with van der Waals surface area (Å²) in [5.74, 6) is -0.852. The second kappa shape index (κ2) is 4.73. The second-order valence-corrected chi connectivity index (χ2v) is 2.65. The lowest BCUT2D eigenvalue weighted by molar-refractivity contribution is -0.159. The summed E-state index contributed by atoms with van der Waals surface area (Å²) in [5, 5.41) is 24.8. The summed E-state index contributed by atoms with van der Waals surface area (Å²) in [6.07, 6.45) is -1.51. The molecular weight excluding hydrogens is 188 g/mol. The fraction of sp³-hybridized carbons (Fsp3) is 0.500. The Hall–Kier alpha value is -1.40. The monoisotopic (exact) mass is 200 g/mol. The van der Waals surface area contributed by atoms with Gasteiger partial charge in [-0.25, -0.2) is 4.79 Å². The average Bonchev–Trinajstić information content (AvgIpc) is 2.68. The Morgan fingerprint density at radius 3 is 2.93 bits per heavy atom. The van der Waals surface area contributed by atoms with Crippen LogP contribution in [-0.4, -0.2) is 39.1 Å². The standard InChI is InChI=1S/C8H12N2O4/c1-2-14-8(13)7(12)6(11)5-3-4-9-10-5/h3-4,6-7,11-12H,2H2,1H3,(H,9,10). The van der Waals surface area contributed by atoms with E-state index in [0.717, 1.165) is 0 Å². The molecule has 14 heavy (non-hydrogen) atoms. The van der Waals surface area contributed by atoms with Crippen LogP contribution >= 0.6 is 0 Å². The van der Waals surface area contributed by atoms with Crippen LogP contribution in [0.2, 0.25) is 0 Å². The average molecular weight is 200 g/mol. The van der Waals surface area contributed by atoms with Crippen LogP contribution in [0.15, 0.2) is 12.3 Å². The van der Waals surface area contributed by atoms with Gasteiger partial charge in [-0.1, -0.05) is 0 Å². The predicted molar refractivity (Wildman–Crippen MR) is 46.2 cm³/mol. The summed E-state index contributed by atoms with van der Waals surface area (Å²) < 4.78 is 4.54. The van der Waals surface area contributed by atoms with Gasteiger partial charge in [0.2, 0.25) is 0 Å². The van der Waals surface area contributed by atoms with Crippen molar-refractivity contribution in [2.75, 3.05) is 6.61 Å². The molecule has 0 aliphatic carbocycles. The number of aliphatic hydroxyl groups is 2. The van der Waals surface area contributed by atoms with Gasteiger partial charge in [0, 0.05) is 6.20 Å². The van der Waals surface area contributed by atoms with Gasteiger partial charge in [0.05, 0.1) is 12.3 Å². The number of hydrogen-bond donors (Lipinski definition) is 3. The molecule has 0 fully saturated rings. The van der Waals surface area contributed by atoms with Crippen LogP contribution < -0.4 is 0 Å². The topological polar surface area (TPSA) is 95.4 Å². The first-order chi connectivity index (χ1) is 6.66. The highest BCUT2D eigenvalue weighted by Crippen LogP contribution is 2.14. The first-order valence-corrected chi connectivity index (χ1v) is 4.18. The minimum Gasteiger partial charge on any atom is -0.464 e. The van der Waals surface area contributed by atoms with Gasteiger partial charge in [0.25, 0.3) is 0 Å². The SMILES string of the molecule is CCOC(=O)C(O)C(O)c1ccn[nH]1. The number of aliphatic hydroxyl groups excluding tert-OH is 2. The van der Waals surface area contributed by atoms with E-state index in [4.69, 9.17) is 0 Å². The third kappa shape index (κ3) is 2.30. The zero-order chi connectivity index (χ0) is 10.6. The van der Waals surface area contributed by atoms with E-state index in [2.05, 4.69) is 14.9 Å². The molecule has 6 heteroatoms. The number of aromatic amines is 1. The summed E-state index contributed by atoms with van der Waals surface area (Å²) in [4.78, 5) is 11.0. The molecule has 0 amide bonds. The Kier molecular flexibility index (Phi) is 3.61. The highest BCUT2D eigenvalue weighted by Gasteiger charge is 2.27. The molecule has 2 atom stereocenters. The number of ether oxygens (including phenoxy) is 1. The summed E-state index contributed by atoms with van der Waals surface area (Å²) in [6.45, 7) is 1.78. The van der Waals surface area contributed by atoms with Crippen LogP contribution in [0.25, 0.3) is 0 Å². The van der Waals surface area contributed by atoms with Gasteiger partial charge >= 0.3 is 5.97 Å². The van der Waals surface area contributed by atoms with Crippen molar-refractivity contribution in [3.05, 3.63) is 18.0 Å². The lowest BCUT2D eigenvalue weighted by atomic mass is 10.1. The van der Waals surface area contributed by atoms with Crippen LogP contribution in [0.1, 0.15) is 18.7 Å². The zero-order valence-electron chi connectivity index (χ0n) is 7.67. The van der Waals surface area contributed by atoms with E-state index in [0.29, 0.717) is 0 Å². The number of H-pyrrole nitrogens is 1. The van der Waals surface area contributed by atoms with Crippen molar-refractivity contribution in [3.8, 4) is 0 Å². The summed E-state index contributed by atoms with van der Waals surface area (Å²) in [5.41, 5.74) is 0.269. The van der Waals surface area contributed by atoms with E-state index in [1.54, 1.807) is 6.92 Å². The van der Waals surface area contributed by atoms with Crippen molar-refractivity contribution in [2.24, 2.45) is 0 Å². The molecule has 2 unspecified atom stereocenters. The normalized spacial score (nSPS) is 14.8.